The molecule has 5 aromatic rings. The summed E-state index contributed by atoms with van der Waals surface area (Å²) in [5.74, 6) is -0.436. The molecule has 63 heavy (non-hydrogen) atoms. The summed E-state index contributed by atoms with van der Waals surface area (Å²) in [4.78, 5) is 29.6. The number of halogens is 1. The van der Waals surface area contributed by atoms with Crippen LogP contribution in [0, 0.1) is 21.4 Å². The highest BCUT2D eigenvalue weighted by atomic mass is 35.5. The number of aromatic amines is 1. The molecule has 0 spiro atoms. The van der Waals surface area contributed by atoms with Crippen molar-refractivity contribution in [3.63, 3.8) is 0 Å². The van der Waals surface area contributed by atoms with Gasteiger partial charge < -0.3 is 19.5 Å². The highest BCUT2D eigenvalue weighted by Gasteiger charge is 2.32. The van der Waals surface area contributed by atoms with E-state index in [1.54, 1.807) is 37.4 Å². The normalized spacial score (nSPS) is 20.7. The highest BCUT2D eigenvalue weighted by molar-refractivity contribution is 7.90. The molecule has 14 nitrogen and oxygen atoms in total. The third-order valence-electron chi connectivity index (χ3n) is 12.7. The molecule has 1 saturated heterocycles. The number of hydrogen-bond donors (Lipinski definition) is 3. The molecule has 1 saturated carbocycles. The molecule has 1 aliphatic heterocycles. The second kappa shape index (κ2) is 17.9. The van der Waals surface area contributed by atoms with Gasteiger partial charge in [-0.3, -0.25) is 24.9 Å². The lowest BCUT2D eigenvalue weighted by molar-refractivity contribution is -0.386. The maximum absolute atomic E-state index is 14.0. The van der Waals surface area contributed by atoms with Crippen LogP contribution >= 0.6 is 11.6 Å². The van der Waals surface area contributed by atoms with Crippen molar-refractivity contribution in [2.75, 3.05) is 44.2 Å². The SMILES string of the molecule is CC1(C)CCC(CN2CCN(c3ccc(C(=O)NS(=O)(=O)c4ccc(OCC5CCC(C)(O)CC5)c([N+](=O)[O-])c4)c(Oc4cccc5[nH]ncc45)c3)CC2)=C(c2ccc(Cl)cc2)C1. The standard InChI is InChI=1S/C47H53ClN6O8S/c1-46(2)18-17-33(38(27-46)32-7-9-34(48)10-8-32)29-52-21-23-53(24-22-52)35-11-13-37(44(25-35)62-42-6-4-5-40-39(42)28-49-50-40)45(55)51-63(59,60)36-12-14-43(41(26-36)54(57)58)61-30-31-15-19-47(3,56)20-16-31/h4-14,25-26,28,31,56H,15-24,27,29-30H2,1-3H3,(H,49,50)(H,51,55). The first-order valence-corrected chi connectivity index (χ1v) is 23.3. The molecule has 1 amide bonds. The van der Waals surface area contributed by atoms with Gasteiger partial charge in [0.1, 0.15) is 11.5 Å². The number of amides is 1. The Balaban J connectivity index is 1.00. The van der Waals surface area contributed by atoms with Crippen molar-refractivity contribution in [3.05, 3.63) is 117 Å². The molecule has 3 aliphatic rings. The van der Waals surface area contributed by atoms with E-state index >= 15 is 0 Å². The van der Waals surface area contributed by atoms with Gasteiger partial charge in [0, 0.05) is 55.6 Å². The lowest BCUT2D eigenvalue weighted by Crippen LogP contribution is -2.47. The Morgan fingerprint density at radius 2 is 1.71 bits per heavy atom. The van der Waals surface area contributed by atoms with E-state index in [-0.39, 0.29) is 35.0 Å². The van der Waals surface area contributed by atoms with Gasteiger partial charge in [0.25, 0.3) is 15.9 Å². The zero-order chi connectivity index (χ0) is 44.5. The molecule has 8 rings (SSSR count). The van der Waals surface area contributed by atoms with Crippen molar-refractivity contribution in [1.82, 2.24) is 19.8 Å². The zero-order valence-corrected chi connectivity index (χ0v) is 37.3. The average molecular weight is 897 g/mol. The number of piperazine rings is 1. The minimum atomic E-state index is -4.61. The second-order valence-electron chi connectivity index (χ2n) is 18.1. The third kappa shape index (κ3) is 10.3. The summed E-state index contributed by atoms with van der Waals surface area (Å²) < 4.78 is 41.8. The Kier molecular flexibility index (Phi) is 12.6. The number of aromatic nitrogens is 2. The van der Waals surface area contributed by atoms with E-state index in [0.29, 0.717) is 55.4 Å². The molecule has 0 unspecified atom stereocenters. The first-order chi connectivity index (χ1) is 30.0. The largest absolute Gasteiger partial charge is 0.487 e. The number of hydrogen-bond acceptors (Lipinski definition) is 11. The number of allylic oxidation sites excluding steroid dienone is 1. The number of aliphatic hydroxyl groups is 1. The van der Waals surface area contributed by atoms with Gasteiger partial charge in [-0.15, -0.1) is 0 Å². The first kappa shape index (κ1) is 44.1. The van der Waals surface area contributed by atoms with Gasteiger partial charge in [-0.05, 0) is 123 Å². The Bertz CT molecular complexity index is 2650. The number of benzene rings is 4. The zero-order valence-electron chi connectivity index (χ0n) is 35.7. The Morgan fingerprint density at radius 1 is 0.968 bits per heavy atom. The fourth-order valence-corrected chi connectivity index (χ4v) is 9.98. The van der Waals surface area contributed by atoms with Gasteiger partial charge in [-0.2, -0.15) is 5.10 Å². The summed E-state index contributed by atoms with van der Waals surface area (Å²) >= 11 is 6.24. The number of nitrogens with one attached hydrogen (secondary N) is 2. The molecular formula is C47H53ClN6O8S. The van der Waals surface area contributed by atoms with Crippen LogP contribution < -0.4 is 19.1 Å². The van der Waals surface area contributed by atoms with Crippen LogP contribution in [0.1, 0.15) is 81.6 Å². The van der Waals surface area contributed by atoms with E-state index in [4.69, 9.17) is 21.1 Å². The van der Waals surface area contributed by atoms with Crippen molar-refractivity contribution in [3.8, 4) is 17.2 Å². The molecular weight excluding hydrogens is 844 g/mol. The highest BCUT2D eigenvalue weighted by Crippen LogP contribution is 2.44. The Hall–Kier alpha value is -5.48. The van der Waals surface area contributed by atoms with Crippen LogP contribution in [-0.2, 0) is 10.0 Å². The maximum atomic E-state index is 14.0. The number of ether oxygens (including phenoxy) is 2. The second-order valence-corrected chi connectivity index (χ2v) is 20.3. The molecule has 1 aromatic heterocycles. The number of sulfonamides is 1. The van der Waals surface area contributed by atoms with Crippen molar-refractivity contribution in [2.45, 2.75) is 76.2 Å². The van der Waals surface area contributed by atoms with E-state index in [1.165, 1.54) is 34.9 Å². The van der Waals surface area contributed by atoms with E-state index in [9.17, 15) is 28.4 Å². The predicted octanol–water partition coefficient (Wildman–Crippen LogP) is 9.14. The van der Waals surface area contributed by atoms with Gasteiger partial charge in [0.05, 0.1) is 44.7 Å². The van der Waals surface area contributed by atoms with E-state index in [1.807, 2.05) is 18.2 Å². The summed E-state index contributed by atoms with van der Waals surface area (Å²) in [6.07, 6.45) is 7.37. The van der Waals surface area contributed by atoms with Crippen LogP contribution in [0.15, 0.2) is 95.5 Å². The molecule has 16 heteroatoms. The Morgan fingerprint density at radius 3 is 2.44 bits per heavy atom. The van der Waals surface area contributed by atoms with Crippen LogP contribution in [0.3, 0.4) is 0 Å². The monoisotopic (exact) mass is 896 g/mol. The third-order valence-corrected chi connectivity index (χ3v) is 14.3. The van der Waals surface area contributed by atoms with Gasteiger partial charge in [0.2, 0.25) is 0 Å². The summed E-state index contributed by atoms with van der Waals surface area (Å²) in [5, 5.41) is 30.8. The molecule has 0 atom stereocenters. The number of fused-ring (bicyclic) bond motifs is 1. The van der Waals surface area contributed by atoms with Crippen molar-refractivity contribution < 1.29 is 32.7 Å². The number of H-pyrrole nitrogens is 1. The number of carbonyl (C=O) groups excluding carboxylic acids is 1. The lowest BCUT2D eigenvalue weighted by atomic mass is 9.72. The van der Waals surface area contributed by atoms with Crippen LogP contribution in [-0.4, -0.2) is 84.4 Å². The summed E-state index contributed by atoms with van der Waals surface area (Å²) in [6.45, 7) is 10.6. The number of rotatable bonds is 13. The minimum absolute atomic E-state index is 0.0516. The quantitative estimate of drug-likeness (QED) is 0.0758. The number of anilines is 1. The smallest absolute Gasteiger partial charge is 0.312 e. The van der Waals surface area contributed by atoms with Crippen molar-refractivity contribution >= 4 is 55.4 Å². The molecule has 0 radical (unpaired) electrons. The molecule has 0 bridgehead atoms. The van der Waals surface area contributed by atoms with Crippen molar-refractivity contribution in [2.24, 2.45) is 11.3 Å². The number of carbonyl (C=O) groups is 1. The van der Waals surface area contributed by atoms with Crippen LogP contribution in [0.5, 0.6) is 17.2 Å². The molecule has 4 aromatic carbocycles. The minimum Gasteiger partial charge on any atom is -0.487 e. The van der Waals surface area contributed by atoms with Crippen LogP contribution in [0.2, 0.25) is 5.02 Å². The summed E-state index contributed by atoms with van der Waals surface area (Å²) in [6, 6.07) is 21.9. The fraction of sp³-hybridized carbons (Fsp3) is 0.404. The van der Waals surface area contributed by atoms with Crippen LogP contribution in [0.4, 0.5) is 11.4 Å². The maximum Gasteiger partial charge on any atom is 0.312 e. The molecule has 3 N–H and O–H groups in total. The molecule has 2 fully saturated rings. The molecule has 332 valence electrons. The number of nitro benzene ring substituents is 1. The van der Waals surface area contributed by atoms with Crippen LogP contribution in [0.25, 0.3) is 16.5 Å². The number of nitro groups is 1. The fourth-order valence-electron chi connectivity index (χ4n) is 8.87. The number of nitrogens with zero attached hydrogens (tertiary/aromatic N) is 4. The summed E-state index contributed by atoms with van der Waals surface area (Å²) in [5.41, 5.74) is 4.49. The average Bonchev–Trinajstić information content (AvgIpc) is 3.74. The summed E-state index contributed by atoms with van der Waals surface area (Å²) in [7, 11) is -4.61. The van der Waals surface area contributed by atoms with E-state index < -0.39 is 37.0 Å². The van der Waals surface area contributed by atoms with Gasteiger partial charge in [-0.25, -0.2) is 13.1 Å². The van der Waals surface area contributed by atoms with Gasteiger partial charge in [0.15, 0.2) is 5.75 Å². The predicted molar refractivity (Wildman–Crippen MR) is 243 cm³/mol. The molecule has 2 aliphatic carbocycles. The molecule has 2 heterocycles. The Labute approximate surface area is 372 Å². The van der Waals surface area contributed by atoms with Crippen molar-refractivity contribution in [1.29, 1.82) is 0 Å². The first-order valence-electron chi connectivity index (χ1n) is 21.4. The van der Waals surface area contributed by atoms with Gasteiger partial charge >= 0.3 is 5.69 Å². The van der Waals surface area contributed by atoms with E-state index in [0.717, 1.165) is 55.7 Å². The van der Waals surface area contributed by atoms with E-state index in [2.05, 4.69) is 50.7 Å². The lowest BCUT2D eigenvalue weighted by Gasteiger charge is -2.39. The topological polar surface area (TPSA) is 180 Å². The van der Waals surface area contributed by atoms with Gasteiger partial charge in [-0.1, -0.05) is 49.2 Å².